The molecule has 5 aliphatic heterocycles. The van der Waals surface area contributed by atoms with Gasteiger partial charge in [0.2, 0.25) is 0 Å². The fraction of sp³-hybridized carbons (Fsp3) is 0.971. The van der Waals surface area contributed by atoms with Crippen LogP contribution < -0.4 is 0 Å². The molecule has 1 aliphatic carbocycles. The number of esters is 2. The summed E-state index contributed by atoms with van der Waals surface area (Å²) in [7, 11) is -5.85. The van der Waals surface area contributed by atoms with E-state index in [2.05, 4.69) is 13.8 Å². The monoisotopic (exact) mass is 1590 g/mol. The number of hydrogen-bond acceptors (Lipinski definition) is 37. The zero-order chi connectivity index (χ0) is 79.4. The van der Waals surface area contributed by atoms with Crippen LogP contribution in [0.3, 0.4) is 0 Å². The molecule has 5 saturated heterocycles. The van der Waals surface area contributed by atoms with Crippen molar-refractivity contribution in [3.63, 3.8) is 0 Å². The number of unbranched alkanes of at least 4 members (excludes halogenated alkanes) is 22. The fourth-order valence-corrected chi connectivity index (χ4v) is 14.6. The summed E-state index contributed by atoms with van der Waals surface area (Å²) in [5.74, 6) is -1.47. The average Bonchev–Trinajstić information content (AvgIpc) is 0.760. The summed E-state index contributed by atoms with van der Waals surface area (Å²) in [6.07, 6.45) is -41.9. The van der Waals surface area contributed by atoms with E-state index in [4.69, 9.17) is 65.9 Å². The minimum atomic E-state index is -5.85. The van der Waals surface area contributed by atoms with Gasteiger partial charge in [0, 0.05) is 12.8 Å². The molecule has 21 N–H and O–H groups in total. The fourth-order valence-electron chi connectivity index (χ4n) is 13.6. The Morgan fingerprint density at radius 3 is 0.954 bits per heavy atom. The highest BCUT2D eigenvalue weighted by molar-refractivity contribution is 7.47. The molecule has 0 aromatic heterocycles. The van der Waals surface area contributed by atoms with Gasteiger partial charge in [-0.3, -0.25) is 18.6 Å². The average molecular weight is 1590 g/mol. The number of phosphoric acid groups is 1. The first-order valence-electron chi connectivity index (χ1n) is 38.4. The van der Waals surface area contributed by atoms with E-state index < -0.39 is 262 Å². The van der Waals surface area contributed by atoms with Crippen molar-refractivity contribution < 1.29 is 187 Å². The molecule has 108 heavy (non-hydrogen) atoms. The van der Waals surface area contributed by atoms with Gasteiger partial charge in [-0.2, -0.15) is 0 Å². The molecule has 6 fully saturated rings. The van der Waals surface area contributed by atoms with E-state index in [9.17, 15) is 121 Å². The van der Waals surface area contributed by atoms with Crippen molar-refractivity contribution in [3.8, 4) is 0 Å². The van der Waals surface area contributed by atoms with E-state index in [0.717, 1.165) is 70.6 Å². The Labute approximate surface area is 628 Å². The van der Waals surface area contributed by atoms with E-state index in [0.29, 0.717) is 19.3 Å². The lowest BCUT2D eigenvalue weighted by atomic mass is 9.84. The second kappa shape index (κ2) is 48.4. The maximum absolute atomic E-state index is 14.4. The molecular formula is C69H125O38P. The summed E-state index contributed by atoms with van der Waals surface area (Å²) < 4.78 is 92.7. The van der Waals surface area contributed by atoms with Gasteiger partial charge in [0.25, 0.3) is 0 Å². The lowest BCUT2D eigenvalue weighted by Gasteiger charge is -2.49. The number of hydrogen-bond donors (Lipinski definition) is 21. The van der Waals surface area contributed by atoms with E-state index >= 15 is 0 Å². The topological polar surface area (TPSA) is 605 Å². The van der Waals surface area contributed by atoms with Gasteiger partial charge in [-0.1, -0.05) is 155 Å². The summed E-state index contributed by atoms with van der Waals surface area (Å²) in [5.41, 5.74) is 0. The van der Waals surface area contributed by atoms with Crippen molar-refractivity contribution in [2.75, 3.05) is 46.2 Å². The number of carbonyl (C=O) groups excluding carboxylic acids is 2. The van der Waals surface area contributed by atoms with Crippen molar-refractivity contribution in [1.82, 2.24) is 0 Å². The Kier molecular flexibility index (Phi) is 42.4. The number of rotatable bonds is 49. The van der Waals surface area contributed by atoms with Crippen molar-refractivity contribution in [3.05, 3.63) is 0 Å². The van der Waals surface area contributed by atoms with Crippen LogP contribution in [0.4, 0.5) is 0 Å². The Balaban J connectivity index is 1.14. The predicted molar refractivity (Wildman–Crippen MR) is 366 cm³/mol. The smallest absolute Gasteiger partial charge is 0.462 e. The minimum absolute atomic E-state index is 0.0153. The SMILES string of the molecule is CCCCCCCCCCCCCCCC(=O)OC[C@H](COP(=O)(O)O[C@@H]1C(O[C@@H]2OC(CO[C@@H]3OC(CO[C@@H]4OC(CO[C@@H]5OC(CO)[C@H](O)C(O)[C@@H]5O)[C@H](O)C(O)[C@@H]4O)[C@H](O)C(O)[C@@H]3O)[C@H](O)C(O)[C@@H]2O)C(O)[C@@H](O)C(O)[C@H]1O[C@H]1OC(CO)[C@@H](O)C(O)[C@H]1O)OC(=O)CCCCCCCCCCCCC. The van der Waals surface area contributed by atoms with Gasteiger partial charge in [0.05, 0.1) is 39.6 Å². The first-order valence-corrected chi connectivity index (χ1v) is 39.9. The minimum Gasteiger partial charge on any atom is -0.462 e. The third-order valence-corrected chi connectivity index (χ3v) is 21.4. The van der Waals surface area contributed by atoms with Crippen LogP contribution in [0.25, 0.3) is 0 Å². The second-order valence-electron chi connectivity index (χ2n) is 29.0. The van der Waals surface area contributed by atoms with Crippen molar-refractivity contribution in [2.24, 2.45) is 0 Å². The zero-order valence-electron chi connectivity index (χ0n) is 61.6. The lowest BCUT2D eigenvalue weighted by molar-refractivity contribution is -0.365. The highest BCUT2D eigenvalue weighted by Gasteiger charge is 2.59. The molecule has 0 spiro atoms. The Morgan fingerprint density at radius 2 is 0.611 bits per heavy atom. The van der Waals surface area contributed by atoms with E-state index in [1.807, 2.05) is 0 Å². The van der Waals surface area contributed by atoms with Gasteiger partial charge in [0.1, 0.15) is 165 Å². The number of aliphatic hydroxyl groups is 20. The highest BCUT2D eigenvalue weighted by atomic mass is 31.2. The lowest BCUT2D eigenvalue weighted by Crippen LogP contribution is -2.69. The van der Waals surface area contributed by atoms with Crippen LogP contribution in [-0.2, 0) is 80.0 Å². The van der Waals surface area contributed by atoms with Crippen LogP contribution in [0, 0.1) is 0 Å². The van der Waals surface area contributed by atoms with Gasteiger partial charge in [0.15, 0.2) is 37.6 Å². The summed E-state index contributed by atoms with van der Waals surface area (Å²) in [5, 5.41) is 217. The second-order valence-corrected chi connectivity index (χ2v) is 30.4. The van der Waals surface area contributed by atoms with Gasteiger partial charge >= 0.3 is 19.8 Å². The molecule has 6 aliphatic rings. The molecule has 38 nitrogen and oxygen atoms in total. The molecule has 14 unspecified atom stereocenters. The van der Waals surface area contributed by atoms with Gasteiger partial charge in [-0.15, -0.1) is 0 Å². The first kappa shape index (κ1) is 94.7. The normalized spacial score (nSPS) is 39.1. The van der Waals surface area contributed by atoms with Crippen molar-refractivity contribution in [1.29, 1.82) is 0 Å². The molecule has 0 amide bonds. The third-order valence-electron chi connectivity index (χ3n) is 20.5. The largest absolute Gasteiger partial charge is 0.472 e. The molecule has 1 saturated carbocycles. The Bertz CT molecular complexity index is 2520. The maximum atomic E-state index is 14.4. The third kappa shape index (κ3) is 28.3. The van der Waals surface area contributed by atoms with Crippen LogP contribution in [-0.4, -0.2) is 361 Å². The highest BCUT2D eigenvalue weighted by Crippen LogP contribution is 2.49. The molecule has 0 radical (unpaired) electrons. The summed E-state index contributed by atoms with van der Waals surface area (Å²) in [4.78, 5) is 38.2. The van der Waals surface area contributed by atoms with Crippen LogP contribution in [0.1, 0.15) is 181 Å². The molecule has 6 rings (SSSR count). The predicted octanol–water partition coefficient (Wildman–Crippen LogP) is -3.93. The molecule has 0 bridgehead atoms. The van der Waals surface area contributed by atoms with Crippen LogP contribution in [0.2, 0.25) is 0 Å². The molecule has 0 aromatic carbocycles. The molecular weight excluding hydrogens is 1470 g/mol. The Morgan fingerprint density at radius 1 is 0.333 bits per heavy atom. The van der Waals surface area contributed by atoms with Gasteiger partial charge in [-0.05, 0) is 12.8 Å². The molecule has 5 heterocycles. The van der Waals surface area contributed by atoms with Crippen molar-refractivity contribution in [2.45, 2.75) is 377 Å². The standard InChI is InChI=1S/C69H125O38P/c1-3-5-7-9-11-13-15-16-18-19-21-23-25-27-42(72)94-31-36(99-43(73)28-26-24-22-20-17-14-12-10-8-6-4-2)32-98-108(92,93)107-64-62(105-68-60(90)50(80)45(75)38(30-71)101-68)55(85)54(84)56(86)63(64)106-69-61(91)53(83)48(78)41(104-69)35-97-67-59(89)52(82)47(77)40(103-67)34-96-66-58(88)51(81)46(76)39(102-66)33-95-65-57(87)49(79)44(74)37(29-70)100-65/h36-41,44-71,74-91H,3-35H2,1-2H3,(H,92,93)/t36-,37?,38?,39?,40?,41?,44+,45-,46+,47+,48+,49?,50?,51?,52?,53?,54+,55?,56?,57+,58+,59+,60-,61+,62-,63?,64+,65-,66-,67-,68-,69+/m1/s1. The van der Waals surface area contributed by atoms with E-state index in [1.165, 1.54) is 64.2 Å². The molecule has 634 valence electrons. The number of ether oxygens (including phenoxy) is 12. The molecule has 33 atom stereocenters. The van der Waals surface area contributed by atoms with Gasteiger partial charge < -0.3 is 164 Å². The number of phosphoric ester groups is 1. The number of carbonyl (C=O) groups is 2. The summed E-state index contributed by atoms with van der Waals surface area (Å²) >= 11 is 0. The van der Waals surface area contributed by atoms with Crippen LogP contribution >= 0.6 is 7.82 Å². The molecule has 39 heteroatoms. The Hall–Kier alpha value is -2.15. The number of aliphatic hydroxyl groups excluding tert-OH is 20. The van der Waals surface area contributed by atoms with E-state index in [1.54, 1.807) is 0 Å². The summed E-state index contributed by atoms with van der Waals surface area (Å²) in [6, 6.07) is 0. The first-order chi connectivity index (χ1) is 51.5. The van der Waals surface area contributed by atoms with Crippen molar-refractivity contribution >= 4 is 19.8 Å². The molecule has 0 aromatic rings. The van der Waals surface area contributed by atoms with Crippen LogP contribution in [0.5, 0.6) is 0 Å². The van der Waals surface area contributed by atoms with E-state index in [-0.39, 0.29) is 12.8 Å². The quantitative estimate of drug-likeness (QED) is 0.0157. The van der Waals surface area contributed by atoms with Gasteiger partial charge in [-0.25, -0.2) is 4.57 Å². The zero-order valence-corrected chi connectivity index (χ0v) is 62.5. The maximum Gasteiger partial charge on any atom is 0.472 e. The van der Waals surface area contributed by atoms with Crippen LogP contribution in [0.15, 0.2) is 0 Å². The summed E-state index contributed by atoms with van der Waals surface area (Å²) in [6.45, 7) is -1.93.